The molecule has 3 rings (SSSR count). The van der Waals surface area contributed by atoms with Crippen molar-refractivity contribution < 1.29 is 9.59 Å². The highest BCUT2D eigenvalue weighted by atomic mass is 35.5. The van der Waals surface area contributed by atoms with Crippen molar-refractivity contribution in [1.82, 2.24) is 10.2 Å². The Hall–Kier alpha value is -1.59. The van der Waals surface area contributed by atoms with Crippen LogP contribution in [0.3, 0.4) is 0 Å². The van der Waals surface area contributed by atoms with Gasteiger partial charge in [0.1, 0.15) is 0 Å². The van der Waals surface area contributed by atoms with Crippen LogP contribution in [-0.4, -0.2) is 42.9 Å². The fraction of sp³-hybridized carbons (Fsp3) is 0.556. The smallest absolute Gasteiger partial charge is 0.254 e. The average molecular weight is 350 g/mol. The van der Waals surface area contributed by atoms with Gasteiger partial charge in [-0.1, -0.05) is 11.6 Å². The second kappa shape index (κ2) is 7.11. The van der Waals surface area contributed by atoms with Gasteiger partial charge in [0.05, 0.1) is 10.6 Å². The Morgan fingerprint density at radius 3 is 2.50 bits per heavy atom. The zero-order valence-corrected chi connectivity index (χ0v) is 14.9. The van der Waals surface area contributed by atoms with Crippen molar-refractivity contribution in [3.05, 3.63) is 28.8 Å². The Labute approximate surface area is 147 Å². The number of hydrogen-bond acceptors (Lipinski definition) is 3. The first-order valence-electron chi connectivity index (χ1n) is 8.49. The number of anilines is 1. The minimum Gasteiger partial charge on any atom is -0.345 e. The van der Waals surface area contributed by atoms with E-state index in [9.17, 15) is 9.59 Å². The van der Waals surface area contributed by atoms with Crippen LogP contribution >= 0.6 is 11.6 Å². The fourth-order valence-electron chi connectivity index (χ4n) is 3.82. The molecular weight excluding hydrogens is 326 g/mol. The maximum atomic E-state index is 12.3. The molecule has 0 aliphatic carbocycles. The first-order valence-corrected chi connectivity index (χ1v) is 8.87. The number of halogens is 1. The van der Waals surface area contributed by atoms with Crippen molar-refractivity contribution >= 4 is 29.1 Å². The topological polar surface area (TPSA) is 61.4 Å². The third kappa shape index (κ3) is 3.90. The normalized spacial score (nSPS) is 25.4. The van der Waals surface area contributed by atoms with Crippen LogP contribution in [0.4, 0.5) is 5.69 Å². The Morgan fingerprint density at radius 2 is 1.92 bits per heavy atom. The molecule has 2 N–H and O–H groups in total. The van der Waals surface area contributed by atoms with Crippen LogP contribution in [0.1, 0.15) is 42.5 Å². The van der Waals surface area contributed by atoms with Gasteiger partial charge in [0.25, 0.3) is 5.91 Å². The molecule has 1 aromatic rings. The Bertz CT molecular complexity index is 635. The zero-order chi connectivity index (χ0) is 17.3. The van der Waals surface area contributed by atoms with Gasteiger partial charge >= 0.3 is 0 Å². The lowest BCUT2D eigenvalue weighted by molar-refractivity contribution is -0.117. The van der Waals surface area contributed by atoms with E-state index in [1.165, 1.54) is 17.7 Å². The molecule has 0 radical (unpaired) electrons. The second-order valence-corrected chi connectivity index (χ2v) is 7.53. The number of amides is 2. The van der Waals surface area contributed by atoms with Gasteiger partial charge in [-0.2, -0.15) is 0 Å². The predicted octanol–water partition coefficient (Wildman–Crippen LogP) is 2.90. The highest BCUT2D eigenvalue weighted by Crippen LogP contribution is 2.33. The standard InChI is InChI=1S/C18H24ClN3O2/c1-22(2)18(24)15-6-5-14(10-16(15)19)21-17(23)9-11-7-12-3-4-13(8-11)20-12/h5-6,10-13,20H,3-4,7-9H2,1-2H3,(H,21,23)/t11?,12-,13+. The summed E-state index contributed by atoms with van der Waals surface area (Å²) in [6.07, 6.45) is 5.19. The van der Waals surface area contributed by atoms with Gasteiger partial charge in [0.2, 0.25) is 5.91 Å². The number of piperidine rings is 1. The molecule has 2 heterocycles. The lowest BCUT2D eigenvalue weighted by Crippen LogP contribution is -2.39. The molecule has 1 aromatic carbocycles. The summed E-state index contributed by atoms with van der Waals surface area (Å²) in [4.78, 5) is 25.8. The van der Waals surface area contributed by atoms with Gasteiger partial charge < -0.3 is 15.5 Å². The van der Waals surface area contributed by atoms with Gasteiger partial charge in [-0.15, -0.1) is 0 Å². The van der Waals surface area contributed by atoms with Crippen molar-refractivity contribution in [3.8, 4) is 0 Å². The summed E-state index contributed by atoms with van der Waals surface area (Å²) >= 11 is 6.18. The summed E-state index contributed by atoms with van der Waals surface area (Å²) < 4.78 is 0. The summed E-state index contributed by atoms with van der Waals surface area (Å²) in [5.74, 6) is 0.320. The molecule has 24 heavy (non-hydrogen) atoms. The highest BCUT2D eigenvalue weighted by molar-refractivity contribution is 6.34. The van der Waals surface area contributed by atoms with Crippen molar-refractivity contribution in [3.63, 3.8) is 0 Å². The van der Waals surface area contributed by atoms with E-state index in [-0.39, 0.29) is 11.8 Å². The van der Waals surface area contributed by atoms with E-state index in [2.05, 4.69) is 10.6 Å². The SMILES string of the molecule is CN(C)C(=O)c1ccc(NC(=O)CC2C[C@H]3CC[C@@H](C2)N3)cc1Cl. The van der Waals surface area contributed by atoms with E-state index in [1.807, 2.05) is 0 Å². The first kappa shape index (κ1) is 17.2. The largest absolute Gasteiger partial charge is 0.345 e. The van der Waals surface area contributed by atoms with Gasteiger partial charge in [0.15, 0.2) is 0 Å². The molecule has 5 nitrogen and oxygen atoms in total. The molecule has 0 saturated carbocycles. The van der Waals surface area contributed by atoms with E-state index >= 15 is 0 Å². The molecule has 0 aromatic heterocycles. The lowest BCUT2D eigenvalue weighted by atomic mass is 9.89. The van der Waals surface area contributed by atoms with E-state index in [0.29, 0.717) is 40.7 Å². The van der Waals surface area contributed by atoms with Crippen LogP contribution in [0.2, 0.25) is 5.02 Å². The number of benzene rings is 1. The number of fused-ring (bicyclic) bond motifs is 2. The quantitative estimate of drug-likeness (QED) is 0.878. The predicted molar refractivity (Wildman–Crippen MR) is 95.4 cm³/mol. The first-order chi connectivity index (χ1) is 11.4. The van der Waals surface area contributed by atoms with Crippen LogP contribution in [0, 0.1) is 5.92 Å². The van der Waals surface area contributed by atoms with Crippen molar-refractivity contribution in [2.45, 2.75) is 44.2 Å². The third-order valence-corrected chi connectivity index (χ3v) is 5.25. The molecule has 130 valence electrons. The van der Waals surface area contributed by atoms with Crippen molar-refractivity contribution in [2.24, 2.45) is 5.92 Å². The number of nitrogens with zero attached hydrogens (tertiary/aromatic N) is 1. The number of carbonyl (C=O) groups excluding carboxylic acids is 2. The van der Waals surface area contributed by atoms with E-state index in [0.717, 1.165) is 12.8 Å². The van der Waals surface area contributed by atoms with Crippen LogP contribution in [0.25, 0.3) is 0 Å². The molecule has 3 atom stereocenters. The van der Waals surface area contributed by atoms with Crippen LogP contribution in [0.5, 0.6) is 0 Å². The number of nitrogens with one attached hydrogen (secondary N) is 2. The minimum atomic E-state index is -0.150. The fourth-order valence-corrected chi connectivity index (χ4v) is 4.08. The Kier molecular flexibility index (Phi) is 5.11. The van der Waals surface area contributed by atoms with Crippen molar-refractivity contribution in [1.29, 1.82) is 0 Å². The van der Waals surface area contributed by atoms with E-state index < -0.39 is 0 Å². The van der Waals surface area contributed by atoms with Crippen LogP contribution in [0.15, 0.2) is 18.2 Å². The zero-order valence-electron chi connectivity index (χ0n) is 14.1. The van der Waals surface area contributed by atoms with Gasteiger partial charge in [-0.25, -0.2) is 0 Å². The summed E-state index contributed by atoms with van der Waals surface area (Å²) in [5, 5.41) is 6.85. The highest BCUT2D eigenvalue weighted by Gasteiger charge is 2.34. The summed E-state index contributed by atoms with van der Waals surface area (Å²) in [6.45, 7) is 0. The minimum absolute atomic E-state index is 0.0176. The Morgan fingerprint density at radius 1 is 1.25 bits per heavy atom. The molecule has 2 fully saturated rings. The lowest BCUT2D eigenvalue weighted by Gasteiger charge is -2.28. The molecular formula is C18H24ClN3O2. The van der Waals surface area contributed by atoms with Gasteiger partial charge in [-0.05, 0) is 49.8 Å². The number of rotatable bonds is 4. The summed E-state index contributed by atoms with van der Waals surface area (Å²) in [7, 11) is 3.36. The molecule has 2 bridgehead atoms. The maximum Gasteiger partial charge on any atom is 0.254 e. The molecule has 6 heteroatoms. The third-order valence-electron chi connectivity index (χ3n) is 4.93. The summed E-state index contributed by atoms with van der Waals surface area (Å²) in [6, 6.07) is 6.21. The second-order valence-electron chi connectivity index (χ2n) is 7.12. The van der Waals surface area contributed by atoms with Gasteiger partial charge in [-0.3, -0.25) is 9.59 Å². The van der Waals surface area contributed by atoms with Crippen molar-refractivity contribution in [2.75, 3.05) is 19.4 Å². The molecule has 2 aliphatic rings. The number of carbonyl (C=O) groups is 2. The number of hydrogen-bond donors (Lipinski definition) is 2. The van der Waals surface area contributed by atoms with E-state index in [1.54, 1.807) is 32.3 Å². The van der Waals surface area contributed by atoms with Gasteiger partial charge in [0, 0.05) is 38.3 Å². The van der Waals surface area contributed by atoms with Crippen LogP contribution in [-0.2, 0) is 4.79 Å². The maximum absolute atomic E-state index is 12.3. The molecule has 2 saturated heterocycles. The summed E-state index contributed by atoms with van der Waals surface area (Å²) in [5.41, 5.74) is 1.08. The molecule has 2 aliphatic heterocycles. The molecule has 1 unspecified atom stereocenters. The molecule has 2 amide bonds. The van der Waals surface area contributed by atoms with E-state index in [4.69, 9.17) is 11.6 Å². The average Bonchev–Trinajstić information content (AvgIpc) is 2.85. The molecule has 0 spiro atoms. The monoisotopic (exact) mass is 349 g/mol. The Balaban J connectivity index is 1.58. The van der Waals surface area contributed by atoms with Crippen LogP contribution < -0.4 is 10.6 Å².